The number of furan rings is 1. The first-order valence-corrected chi connectivity index (χ1v) is 11.8. The van der Waals surface area contributed by atoms with Crippen LogP contribution >= 0.6 is 11.3 Å². The van der Waals surface area contributed by atoms with Crippen molar-refractivity contribution >= 4 is 28.2 Å². The van der Waals surface area contributed by atoms with E-state index in [1.165, 1.54) is 4.88 Å². The van der Waals surface area contributed by atoms with Crippen LogP contribution in [0, 0.1) is 46.6 Å². The zero-order valence-electron chi connectivity index (χ0n) is 19.6. The molecule has 0 aliphatic heterocycles. The fraction of sp³-hybridized carbons (Fsp3) is 0.385. The van der Waals surface area contributed by atoms with Gasteiger partial charge in [0.05, 0.1) is 22.3 Å². The van der Waals surface area contributed by atoms with E-state index < -0.39 is 4.92 Å². The molecule has 0 spiro atoms. The van der Waals surface area contributed by atoms with Gasteiger partial charge in [-0.3, -0.25) is 10.1 Å². The molecule has 7 heteroatoms. The lowest BCUT2D eigenvalue weighted by Gasteiger charge is -2.33. The van der Waals surface area contributed by atoms with Crippen LogP contribution in [0.25, 0.3) is 11.3 Å². The molecule has 0 fully saturated rings. The molecule has 1 atom stereocenters. The molecule has 1 aromatic carbocycles. The van der Waals surface area contributed by atoms with E-state index in [1.54, 1.807) is 41.8 Å². The van der Waals surface area contributed by atoms with Gasteiger partial charge in [0.25, 0.3) is 5.69 Å². The van der Waals surface area contributed by atoms with Crippen LogP contribution in [0.3, 0.4) is 0 Å². The third kappa shape index (κ3) is 4.49. The molecule has 2 aromatic heterocycles. The van der Waals surface area contributed by atoms with Crippen LogP contribution in [0.5, 0.6) is 0 Å². The normalized spacial score (nSPS) is 16.1. The Hall–Kier alpha value is -3.24. The summed E-state index contributed by atoms with van der Waals surface area (Å²) in [6.45, 7) is 10.6. The topological polar surface area (TPSA) is 92.4 Å². The molecule has 0 saturated heterocycles. The molecular formula is C26H27N3O3S. The second-order valence-electron chi connectivity index (χ2n) is 9.77. The van der Waals surface area contributed by atoms with Gasteiger partial charge in [-0.2, -0.15) is 5.26 Å². The van der Waals surface area contributed by atoms with Gasteiger partial charge in [0, 0.05) is 10.9 Å². The zero-order chi connectivity index (χ0) is 23.9. The Kier molecular flexibility index (Phi) is 5.98. The summed E-state index contributed by atoms with van der Waals surface area (Å²) in [6.07, 6.45) is 4.57. The first-order valence-electron chi connectivity index (χ1n) is 11.0. The van der Waals surface area contributed by atoms with Crippen LogP contribution in [0.2, 0.25) is 0 Å². The molecule has 0 bridgehead atoms. The highest BCUT2D eigenvalue weighted by molar-refractivity contribution is 7.16. The van der Waals surface area contributed by atoms with E-state index >= 15 is 0 Å². The van der Waals surface area contributed by atoms with Crippen molar-refractivity contribution in [3.05, 3.63) is 67.3 Å². The molecule has 0 saturated carbocycles. The first kappa shape index (κ1) is 22.9. The number of aliphatic imine (C=N–C) groups is 1. The quantitative estimate of drug-likeness (QED) is 0.231. The average Bonchev–Trinajstić information content (AvgIpc) is 3.36. The van der Waals surface area contributed by atoms with E-state index in [0.717, 1.165) is 36.0 Å². The standard InChI is InChI=1S/C26H27N3O3S/c1-15-10-20(22(29(30)31)11-16(15)2)23-9-7-18(32-23)14-28-25-21(13-27)19-8-6-17(26(3,4)5)12-24(19)33-25/h7,9-11,14,17H,6,8,12H2,1-5H3/t17-/m0/s1. The molecule has 3 aromatic rings. The molecular weight excluding hydrogens is 434 g/mol. The fourth-order valence-corrected chi connectivity index (χ4v) is 5.58. The van der Waals surface area contributed by atoms with Crippen molar-refractivity contribution < 1.29 is 9.34 Å². The molecule has 170 valence electrons. The van der Waals surface area contributed by atoms with Crippen molar-refractivity contribution in [1.29, 1.82) is 5.26 Å². The lowest BCUT2D eigenvalue weighted by Crippen LogP contribution is -2.26. The number of nitro groups is 1. The van der Waals surface area contributed by atoms with Crippen LogP contribution < -0.4 is 0 Å². The van der Waals surface area contributed by atoms with Gasteiger partial charge < -0.3 is 4.42 Å². The summed E-state index contributed by atoms with van der Waals surface area (Å²) in [7, 11) is 0. The molecule has 0 unspecified atom stereocenters. The van der Waals surface area contributed by atoms with Gasteiger partial charge in [-0.15, -0.1) is 11.3 Å². The van der Waals surface area contributed by atoms with Crippen LogP contribution in [0.4, 0.5) is 10.7 Å². The van der Waals surface area contributed by atoms with Crippen LogP contribution in [0.15, 0.2) is 33.7 Å². The molecule has 0 amide bonds. The molecule has 0 N–H and O–H groups in total. The molecule has 33 heavy (non-hydrogen) atoms. The Morgan fingerprint density at radius 3 is 2.67 bits per heavy atom. The summed E-state index contributed by atoms with van der Waals surface area (Å²) in [5.74, 6) is 1.50. The van der Waals surface area contributed by atoms with Crippen molar-refractivity contribution in [3.8, 4) is 17.4 Å². The Morgan fingerprint density at radius 2 is 2.00 bits per heavy atom. The van der Waals surface area contributed by atoms with Crippen molar-refractivity contribution in [2.75, 3.05) is 0 Å². The number of aryl methyl sites for hydroxylation is 2. The van der Waals surface area contributed by atoms with Crippen LogP contribution in [-0.2, 0) is 12.8 Å². The average molecular weight is 462 g/mol. The Bertz CT molecular complexity index is 1300. The number of thiophene rings is 1. The summed E-state index contributed by atoms with van der Waals surface area (Å²) in [5.41, 5.74) is 4.31. The monoisotopic (exact) mass is 461 g/mol. The molecule has 0 radical (unpaired) electrons. The minimum atomic E-state index is -0.391. The van der Waals surface area contributed by atoms with E-state index in [-0.39, 0.29) is 11.1 Å². The van der Waals surface area contributed by atoms with Gasteiger partial charge in [-0.1, -0.05) is 20.8 Å². The molecule has 2 heterocycles. The van der Waals surface area contributed by atoms with Gasteiger partial charge >= 0.3 is 0 Å². The predicted octanol–water partition coefficient (Wildman–Crippen LogP) is 7.31. The second-order valence-corrected chi connectivity index (χ2v) is 10.9. The maximum absolute atomic E-state index is 11.5. The van der Waals surface area contributed by atoms with E-state index in [9.17, 15) is 15.4 Å². The third-order valence-electron chi connectivity index (χ3n) is 6.59. The van der Waals surface area contributed by atoms with Crippen molar-refractivity contribution in [3.63, 3.8) is 0 Å². The minimum Gasteiger partial charge on any atom is -0.455 e. The number of hydrogen-bond acceptors (Lipinski definition) is 6. The molecule has 6 nitrogen and oxygen atoms in total. The number of nitriles is 1. The number of hydrogen-bond donors (Lipinski definition) is 0. The zero-order valence-corrected chi connectivity index (χ0v) is 20.4. The first-order chi connectivity index (χ1) is 15.6. The number of nitrogens with zero attached hydrogens (tertiary/aromatic N) is 3. The summed E-state index contributed by atoms with van der Waals surface area (Å²) in [4.78, 5) is 17.0. The predicted molar refractivity (Wildman–Crippen MR) is 132 cm³/mol. The third-order valence-corrected chi connectivity index (χ3v) is 7.76. The lowest BCUT2D eigenvalue weighted by atomic mass is 9.72. The van der Waals surface area contributed by atoms with Gasteiger partial charge in [0.15, 0.2) is 0 Å². The van der Waals surface area contributed by atoms with Gasteiger partial charge in [-0.05, 0) is 79.3 Å². The van der Waals surface area contributed by atoms with Crippen molar-refractivity contribution in [2.24, 2.45) is 16.3 Å². The highest BCUT2D eigenvalue weighted by Crippen LogP contribution is 2.45. The van der Waals surface area contributed by atoms with Crippen molar-refractivity contribution in [2.45, 2.75) is 53.9 Å². The lowest BCUT2D eigenvalue weighted by molar-refractivity contribution is -0.384. The Morgan fingerprint density at radius 1 is 1.27 bits per heavy atom. The molecule has 1 aliphatic carbocycles. The number of benzene rings is 1. The number of fused-ring (bicyclic) bond motifs is 1. The van der Waals surface area contributed by atoms with Crippen LogP contribution in [0.1, 0.15) is 60.1 Å². The van der Waals surface area contributed by atoms with E-state index in [4.69, 9.17) is 4.42 Å². The van der Waals surface area contributed by atoms with Gasteiger partial charge in [-0.25, -0.2) is 4.99 Å². The maximum Gasteiger partial charge on any atom is 0.280 e. The maximum atomic E-state index is 11.5. The number of rotatable bonds is 4. The van der Waals surface area contributed by atoms with E-state index in [0.29, 0.717) is 33.6 Å². The minimum absolute atomic E-state index is 0.0158. The SMILES string of the molecule is Cc1cc(-c2ccc(C=Nc3sc4c(c3C#N)CC[C@H](C(C)(C)C)C4)o2)c([N+](=O)[O-])cc1C. The second kappa shape index (κ2) is 8.60. The van der Waals surface area contributed by atoms with Crippen molar-refractivity contribution in [1.82, 2.24) is 0 Å². The molecule has 1 aliphatic rings. The van der Waals surface area contributed by atoms with E-state index in [2.05, 4.69) is 31.8 Å². The highest BCUT2D eigenvalue weighted by Gasteiger charge is 2.32. The fourth-order valence-electron chi connectivity index (χ4n) is 4.36. The summed E-state index contributed by atoms with van der Waals surface area (Å²) in [5, 5.41) is 22.0. The Balaban J connectivity index is 1.63. The summed E-state index contributed by atoms with van der Waals surface area (Å²) < 4.78 is 5.88. The number of nitro benzene ring substituents is 1. The van der Waals surface area contributed by atoms with Gasteiger partial charge in [0.2, 0.25) is 0 Å². The summed E-state index contributed by atoms with van der Waals surface area (Å²) >= 11 is 1.59. The smallest absolute Gasteiger partial charge is 0.280 e. The summed E-state index contributed by atoms with van der Waals surface area (Å²) in [6, 6.07) is 9.16. The highest BCUT2D eigenvalue weighted by atomic mass is 32.1. The molecule has 4 rings (SSSR count). The van der Waals surface area contributed by atoms with Gasteiger partial charge in [0.1, 0.15) is 22.6 Å². The largest absolute Gasteiger partial charge is 0.455 e. The van der Waals surface area contributed by atoms with E-state index in [1.807, 2.05) is 13.8 Å². The Labute approximate surface area is 197 Å². The van der Waals surface area contributed by atoms with Crippen LogP contribution in [-0.4, -0.2) is 11.1 Å².